The van der Waals surface area contributed by atoms with Gasteiger partial charge < -0.3 is 9.47 Å². The van der Waals surface area contributed by atoms with Crippen molar-refractivity contribution in [3.8, 4) is 17.2 Å². The molecule has 5 heteroatoms. The van der Waals surface area contributed by atoms with Crippen molar-refractivity contribution in [2.45, 2.75) is 73.8 Å². The molecule has 0 saturated carbocycles. The second-order valence-corrected chi connectivity index (χ2v) is 13.8. The molecule has 7 rings (SSSR count). The van der Waals surface area contributed by atoms with Crippen LogP contribution in [0, 0.1) is 33.1 Å². The summed E-state index contributed by atoms with van der Waals surface area (Å²) >= 11 is 0. The number of nitrogens with zero attached hydrogens (tertiary/aromatic N) is 3. The summed E-state index contributed by atoms with van der Waals surface area (Å²) in [6.45, 7) is 20.3. The van der Waals surface area contributed by atoms with E-state index in [-0.39, 0.29) is 16.9 Å². The van der Waals surface area contributed by atoms with Gasteiger partial charge >= 0.3 is 0 Å². The molecule has 4 heterocycles. The Bertz CT molecular complexity index is 1970. The van der Waals surface area contributed by atoms with E-state index < -0.39 is 0 Å². The van der Waals surface area contributed by atoms with E-state index in [4.69, 9.17) is 19.5 Å². The first kappa shape index (κ1) is 26.8. The molecule has 0 amide bonds. The fraction of sp³-hybridized carbons (Fsp3) is 0.351. The highest BCUT2D eigenvalue weighted by molar-refractivity contribution is 6.10. The molecule has 0 radical (unpaired) electrons. The maximum Gasteiger partial charge on any atom is 0.216 e. The van der Waals surface area contributed by atoms with Crippen molar-refractivity contribution >= 4 is 27.8 Å². The minimum atomic E-state index is -0.175. The molecule has 0 spiro atoms. The summed E-state index contributed by atoms with van der Waals surface area (Å²) in [5.41, 5.74) is 11.3. The van der Waals surface area contributed by atoms with Gasteiger partial charge in [-0.05, 0) is 84.7 Å². The van der Waals surface area contributed by atoms with Crippen molar-refractivity contribution in [2.75, 3.05) is 6.61 Å². The van der Waals surface area contributed by atoms with E-state index in [0.717, 1.165) is 50.7 Å². The fourth-order valence-corrected chi connectivity index (χ4v) is 6.66. The third-order valence-electron chi connectivity index (χ3n) is 9.27. The van der Waals surface area contributed by atoms with Crippen molar-refractivity contribution in [1.29, 1.82) is 0 Å². The zero-order chi connectivity index (χ0) is 29.7. The van der Waals surface area contributed by atoms with Gasteiger partial charge in [-0.1, -0.05) is 58.9 Å². The Balaban J connectivity index is 1.38. The summed E-state index contributed by atoms with van der Waals surface area (Å²) < 4.78 is 15.2. The Morgan fingerprint density at radius 2 is 1.62 bits per heavy atom. The molecule has 5 nitrogen and oxygen atoms in total. The lowest BCUT2D eigenvalue weighted by molar-refractivity contribution is 0.236. The largest absolute Gasteiger partial charge is 0.475 e. The topological polar surface area (TPSA) is 48.6 Å². The second-order valence-electron chi connectivity index (χ2n) is 13.8. The summed E-state index contributed by atoms with van der Waals surface area (Å²) in [6, 6.07) is 17.8. The number of rotatable bonds is 3. The number of para-hydroxylation sites is 1. The van der Waals surface area contributed by atoms with Crippen LogP contribution >= 0.6 is 0 Å². The van der Waals surface area contributed by atoms with Crippen molar-refractivity contribution in [3.63, 3.8) is 0 Å². The predicted octanol–water partition coefficient (Wildman–Crippen LogP) is 9.04. The van der Waals surface area contributed by atoms with Gasteiger partial charge in [0.25, 0.3) is 0 Å². The number of benzene rings is 3. The summed E-state index contributed by atoms with van der Waals surface area (Å²) in [7, 11) is 0. The molecule has 1 atom stereocenters. The van der Waals surface area contributed by atoms with Gasteiger partial charge in [-0.3, -0.25) is 4.57 Å². The van der Waals surface area contributed by atoms with Crippen LogP contribution in [-0.4, -0.2) is 28.1 Å². The highest BCUT2D eigenvalue weighted by Gasteiger charge is 2.36. The van der Waals surface area contributed by atoms with Gasteiger partial charge in [-0.15, -0.1) is 0 Å². The van der Waals surface area contributed by atoms with Crippen molar-refractivity contribution in [1.82, 2.24) is 9.55 Å². The van der Waals surface area contributed by atoms with E-state index in [1.807, 2.05) is 6.20 Å². The quantitative estimate of drug-likeness (QED) is 0.222. The molecular weight excluding hydrogens is 518 g/mol. The number of hydrogen-bond acceptors (Lipinski definition) is 4. The van der Waals surface area contributed by atoms with Crippen LogP contribution in [0.15, 0.2) is 59.7 Å². The zero-order valence-corrected chi connectivity index (χ0v) is 26.1. The first-order chi connectivity index (χ1) is 19.8. The van der Waals surface area contributed by atoms with Crippen LogP contribution in [0.4, 0.5) is 0 Å². The third-order valence-corrected chi connectivity index (χ3v) is 9.27. The van der Waals surface area contributed by atoms with E-state index in [9.17, 15) is 0 Å². The zero-order valence-electron chi connectivity index (χ0n) is 26.1. The molecule has 0 fully saturated rings. The van der Waals surface area contributed by atoms with Crippen LogP contribution in [0.25, 0.3) is 27.6 Å². The first-order valence-corrected chi connectivity index (χ1v) is 14.9. The van der Waals surface area contributed by atoms with Crippen molar-refractivity contribution in [3.05, 3.63) is 93.7 Å². The van der Waals surface area contributed by atoms with E-state index in [1.165, 1.54) is 27.4 Å². The number of fused-ring (bicyclic) bond motifs is 5. The lowest BCUT2D eigenvalue weighted by Crippen LogP contribution is -2.26. The molecular formula is C37H39N3O2. The average Bonchev–Trinajstić information content (AvgIpc) is 3.54. The van der Waals surface area contributed by atoms with Gasteiger partial charge in [0.15, 0.2) is 0 Å². The molecule has 2 aliphatic rings. The smallest absolute Gasteiger partial charge is 0.216 e. The first-order valence-electron chi connectivity index (χ1n) is 14.9. The van der Waals surface area contributed by atoms with Crippen LogP contribution in [0.3, 0.4) is 0 Å². The lowest BCUT2D eigenvalue weighted by atomic mass is 9.74. The monoisotopic (exact) mass is 557 g/mol. The van der Waals surface area contributed by atoms with Crippen LogP contribution < -0.4 is 4.74 Å². The van der Waals surface area contributed by atoms with E-state index in [0.29, 0.717) is 12.5 Å². The molecule has 2 aromatic heterocycles. The normalized spacial score (nSPS) is 17.4. The van der Waals surface area contributed by atoms with Gasteiger partial charge in [0.2, 0.25) is 5.90 Å². The number of aliphatic imine (C=N–C) groups is 1. The molecule has 0 saturated heterocycles. The Labute approximate surface area is 248 Å². The van der Waals surface area contributed by atoms with E-state index in [2.05, 4.69) is 115 Å². The van der Waals surface area contributed by atoms with E-state index >= 15 is 0 Å². The average molecular weight is 558 g/mol. The summed E-state index contributed by atoms with van der Waals surface area (Å²) in [4.78, 5) is 9.90. The van der Waals surface area contributed by atoms with Crippen LogP contribution in [-0.2, 0) is 10.2 Å². The highest BCUT2D eigenvalue weighted by Crippen LogP contribution is 2.49. The Morgan fingerprint density at radius 3 is 2.36 bits per heavy atom. The summed E-state index contributed by atoms with van der Waals surface area (Å²) in [5.74, 6) is 2.36. The Kier molecular flexibility index (Phi) is 5.69. The molecule has 0 bridgehead atoms. The lowest BCUT2D eigenvalue weighted by Gasteiger charge is -2.35. The molecule has 2 aliphatic heterocycles. The van der Waals surface area contributed by atoms with Gasteiger partial charge in [0, 0.05) is 34.0 Å². The highest BCUT2D eigenvalue weighted by atomic mass is 16.5. The molecule has 42 heavy (non-hydrogen) atoms. The minimum Gasteiger partial charge on any atom is -0.475 e. The summed E-state index contributed by atoms with van der Waals surface area (Å²) in [6.07, 6.45) is 1.96. The third kappa shape index (κ3) is 3.89. The maximum absolute atomic E-state index is 6.77. The molecule has 5 aromatic rings. The van der Waals surface area contributed by atoms with Gasteiger partial charge in [0.05, 0.1) is 17.2 Å². The molecule has 0 aliphatic carbocycles. The van der Waals surface area contributed by atoms with Crippen molar-refractivity contribution in [2.24, 2.45) is 10.4 Å². The van der Waals surface area contributed by atoms with E-state index in [1.54, 1.807) is 0 Å². The molecule has 214 valence electrons. The van der Waals surface area contributed by atoms with Crippen molar-refractivity contribution < 1.29 is 9.47 Å². The van der Waals surface area contributed by atoms with Gasteiger partial charge in [-0.2, -0.15) is 0 Å². The maximum atomic E-state index is 6.77. The standard InChI is InChI=1S/C37H39N3O2/c1-20-13-26-24-11-10-12-27-33(24)40(34(26)38-18-20)29-17-31(23(4)15-28(29)37(27,8)9)42-30-16-25(21(2)14-22(30)3)35-39-32(19-41-35)36(5,6)7/h10-18,32H,19H2,1-9H3/t32-/m0/s1. The molecule has 0 N–H and O–H groups in total. The SMILES string of the molecule is Cc1cnc2c(c1)c1cccc3c1n2-c1cc(Oc2cc(C4=N[C@H](C(C)(C)C)CO4)c(C)cc2C)c(C)cc1C3(C)C. The Hall–Kier alpha value is -4.12. The number of pyridine rings is 1. The molecule has 3 aromatic carbocycles. The number of aryl methyl sites for hydroxylation is 4. The minimum absolute atomic E-state index is 0.0495. The Morgan fingerprint density at radius 1 is 0.881 bits per heavy atom. The van der Waals surface area contributed by atoms with Crippen LogP contribution in [0.1, 0.15) is 73.6 Å². The number of ether oxygens (including phenoxy) is 2. The fourth-order valence-electron chi connectivity index (χ4n) is 6.66. The molecule has 0 unspecified atom stereocenters. The predicted molar refractivity (Wildman–Crippen MR) is 172 cm³/mol. The van der Waals surface area contributed by atoms with Crippen LogP contribution in [0.2, 0.25) is 0 Å². The number of hydrogen-bond donors (Lipinski definition) is 0. The van der Waals surface area contributed by atoms with Gasteiger partial charge in [-0.25, -0.2) is 9.98 Å². The second kappa shape index (κ2) is 8.94. The van der Waals surface area contributed by atoms with Gasteiger partial charge in [0.1, 0.15) is 23.8 Å². The van der Waals surface area contributed by atoms with Crippen LogP contribution in [0.5, 0.6) is 11.5 Å². The summed E-state index contributed by atoms with van der Waals surface area (Å²) in [5, 5.41) is 2.42. The number of aromatic nitrogens is 2.